The molecule has 0 aromatic rings. The molecule has 0 spiro atoms. The average Bonchev–Trinajstić information content (AvgIpc) is 2.73. The molecule has 0 saturated heterocycles. The van der Waals surface area contributed by atoms with E-state index in [1.807, 2.05) is 6.92 Å². The molecule has 0 aliphatic heterocycles. The quantitative estimate of drug-likeness (QED) is 0.101. The minimum atomic E-state index is -0.232. The largest absolute Gasteiger partial charge is 0.388 e. The molecule has 0 radical (unpaired) electrons. The number of likely N-dealkylation sites (N-methyl/N-ethyl adjacent to an activating group) is 1. The fourth-order valence-electron chi connectivity index (χ4n) is 4.89. The van der Waals surface area contributed by atoms with Crippen LogP contribution >= 0.6 is 0 Å². The topological polar surface area (TPSA) is 32.3 Å². The highest BCUT2D eigenvalue weighted by Gasteiger charge is 2.31. The maximum atomic E-state index is 9.88. The van der Waals surface area contributed by atoms with Crippen LogP contribution < -0.4 is 5.32 Å². The fraction of sp³-hybridized carbons (Fsp3) is 1.00. The Bertz CT molecular complexity index is 342. The lowest BCUT2D eigenvalue weighted by molar-refractivity contribution is -0.951. The maximum Gasteiger partial charge on any atom is 0.140 e. The summed E-state index contributed by atoms with van der Waals surface area (Å²) in [5.74, 6) is 0. The Labute approximate surface area is 191 Å². The first-order chi connectivity index (χ1) is 14.5. The number of quaternary nitrogens is 1. The highest BCUT2D eigenvalue weighted by molar-refractivity contribution is 4.57. The lowest BCUT2D eigenvalue weighted by atomic mass is 10.0. The Morgan fingerprint density at radius 2 is 0.967 bits per heavy atom. The van der Waals surface area contributed by atoms with Crippen LogP contribution in [0.2, 0.25) is 0 Å². The van der Waals surface area contributed by atoms with Gasteiger partial charge >= 0.3 is 0 Å². The van der Waals surface area contributed by atoms with E-state index in [0.29, 0.717) is 6.17 Å². The molecule has 30 heavy (non-hydrogen) atoms. The molecular formula is C27H59N2O+. The van der Waals surface area contributed by atoms with E-state index < -0.39 is 0 Å². The highest BCUT2D eigenvalue weighted by atomic mass is 16.3. The lowest BCUT2D eigenvalue weighted by Crippen LogP contribution is -2.62. The van der Waals surface area contributed by atoms with Gasteiger partial charge in [-0.1, -0.05) is 103 Å². The van der Waals surface area contributed by atoms with Gasteiger partial charge in [0.1, 0.15) is 18.8 Å². The van der Waals surface area contributed by atoms with Crippen LogP contribution in [0, 0.1) is 0 Å². The summed E-state index contributed by atoms with van der Waals surface area (Å²) in [6.07, 6.45) is 23.0. The second-order valence-electron chi connectivity index (χ2n) is 9.82. The molecule has 182 valence electrons. The number of aliphatic hydroxyl groups excluding tert-OH is 1. The number of rotatable bonds is 23. The Morgan fingerprint density at radius 1 is 0.600 bits per heavy atom. The number of nitrogens with one attached hydrogen (secondary N) is 1. The van der Waals surface area contributed by atoms with Crippen LogP contribution in [0.15, 0.2) is 0 Å². The number of hydrogen-bond donors (Lipinski definition) is 2. The first kappa shape index (κ1) is 29.9. The molecule has 0 aliphatic rings. The first-order valence-electron chi connectivity index (χ1n) is 13.8. The van der Waals surface area contributed by atoms with Crippen molar-refractivity contribution in [3.8, 4) is 0 Å². The lowest BCUT2D eigenvalue weighted by Gasteiger charge is -2.43. The average molecular weight is 428 g/mol. The second-order valence-corrected chi connectivity index (χ2v) is 9.82. The van der Waals surface area contributed by atoms with Crippen molar-refractivity contribution >= 4 is 0 Å². The van der Waals surface area contributed by atoms with Crippen molar-refractivity contribution in [2.75, 3.05) is 26.2 Å². The molecule has 0 rings (SSSR count). The predicted octanol–water partition coefficient (Wildman–Crippen LogP) is 7.42. The Kier molecular flexibility index (Phi) is 20.7. The predicted molar refractivity (Wildman–Crippen MR) is 135 cm³/mol. The van der Waals surface area contributed by atoms with E-state index in [-0.39, 0.29) is 6.10 Å². The van der Waals surface area contributed by atoms with Crippen LogP contribution in [0.1, 0.15) is 137 Å². The van der Waals surface area contributed by atoms with E-state index in [1.54, 1.807) is 0 Å². The van der Waals surface area contributed by atoms with Gasteiger partial charge in [0.05, 0.1) is 13.1 Å². The van der Waals surface area contributed by atoms with Crippen LogP contribution in [0.25, 0.3) is 0 Å². The number of nitrogens with zero attached hydrogens (tertiary/aromatic N) is 1. The summed E-state index contributed by atoms with van der Waals surface area (Å²) in [5.41, 5.74) is 0. The smallest absolute Gasteiger partial charge is 0.140 e. The van der Waals surface area contributed by atoms with Crippen LogP contribution in [-0.4, -0.2) is 48.0 Å². The number of aliphatic hydroxyl groups is 1. The third kappa shape index (κ3) is 15.6. The van der Waals surface area contributed by atoms with Gasteiger partial charge in [0.25, 0.3) is 0 Å². The van der Waals surface area contributed by atoms with Gasteiger partial charge in [-0.2, -0.15) is 0 Å². The van der Waals surface area contributed by atoms with Crippen LogP contribution in [-0.2, 0) is 0 Å². The van der Waals surface area contributed by atoms with Crippen molar-refractivity contribution in [1.82, 2.24) is 5.32 Å². The summed E-state index contributed by atoms with van der Waals surface area (Å²) in [6, 6.07) is 0. The molecule has 2 N–H and O–H groups in total. The first-order valence-corrected chi connectivity index (χ1v) is 13.8. The molecule has 2 atom stereocenters. The van der Waals surface area contributed by atoms with E-state index in [2.05, 4.69) is 33.0 Å². The van der Waals surface area contributed by atoms with Gasteiger partial charge in [-0.25, -0.2) is 0 Å². The molecule has 3 heteroatoms. The van der Waals surface area contributed by atoms with Crippen molar-refractivity contribution in [2.24, 2.45) is 0 Å². The van der Waals surface area contributed by atoms with Crippen molar-refractivity contribution < 1.29 is 9.59 Å². The number of hydrogen-bond acceptors (Lipinski definition) is 2. The van der Waals surface area contributed by atoms with E-state index in [9.17, 15) is 5.11 Å². The van der Waals surface area contributed by atoms with Crippen molar-refractivity contribution in [3.05, 3.63) is 0 Å². The van der Waals surface area contributed by atoms with Crippen LogP contribution in [0.5, 0.6) is 0 Å². The zero-order valence-corrected chi connectivity index (χ0v) is 21.7. The van der Waals surface area contributed by atoms with Gasteiger partial charge in [0, 0.05) is 13.5 Å². The van der Waals surface area contributed by atoms with E-state index in [4.69, 9.17) is 0 Å². The van der Waals surface area contributed by atoms with E-state index in [0.717, 1.165) is 30.7 Å². The molecule has 0 heterocycles. The summed E-state index contributed by atoms with van der Waals surface area (Å²) in [7, 11) is 0. The van der Waals surface area contributed by atoms with Gasteiger partial charge in [-0.05, 0) is 27.2 Å². The number of unbranched alkanes of at least 4 members (excludes halogenated alkanes) is 15. The minimum absolute atomic E-state index is 0.232. The van der Waals surface area contributed by atoms with E-state index >= 15 is 0 Å². The zero-order valence-electron chi connectivity index (χ0n) is 21.7. The Hall–Kier alpha value is -0.120. The Morgan fingerprint density at radius 3 is 1.30 bits per heavy atom. The second kappa shape index (κ2) is 20.8. The van der Waals surface area contributed by atoms with Gasteiger partial charge < -0.3 is 9.59 Å². The molecule has 0 aliphatic carbocycles. The molecule has 0 aromatic heterocycles. The third-order valence-electron chi connectivity index (χ3n) is 7.18. The SMILES string of the molecule is CCCCCCCCCCCCCCCCCCNC(C)[N+](CC)(CC)CC(C)O. The van der Waals surface area contributed by atoms with Crippen LogP contribution in [0.3, 0.4) is 0 Å². The molecule has 2 unspecified atom stereocenters. The summed E-state index contributed by atoms with van der Waals surface area (Å²) < 4.78 is 0.969. The third-order valence-corrected chi connectivity index (χ3v) is 7.18. The van der Waals surface area contributed by atoms with Gasteiger partial charge in [-0.15, -0.1) is 0 Å². The molecule has 0 bridgehead atoms. The van der Waals surface area contributed by atoms with Gasteiger partial charge in [0.15, 0.2) is 0 Å². The summed E-state index contributed by atoms with van der Waals surface area (Å²) in [6.45, 7) is 15.1. The van der Waals surface area contributed by atoms with Crippen molar-refractivity contribution in [3.63, 3.8) is 0 Å². The standard InChI is InChI=1S/C27H59N2O/c1-6-9-10-11-12-13-14-15-16-17-18-19-20-21-22-23-24-28-27(5)29(7-2,8-3)25-26(4)30/h26-28,30H,6-25H2,1-5H3/q+1. The fourth-order valence-corrected chi connectivity index (χ4v) is 4.89. The minimum Gasteiger partial charge on any atom is -0.388 e. The van der Waals surface area contributed by atoms with Crippen LogP contribution in [0.4, 0.5) is 0 Å². The van der Waals surface area contributed by atoms with Gasteiger partial charge in [0.2, 0.25) is 0 Å². The normalized spacial score (nSPS) is 14.2. The summed E-state index contributed by atoms with van der Waals surface area (Å²) in [5, 5.41) is 13.6. The molecular weight excluding hydrogens is 368 g/mol. The molecule has 3 nitrogen and oxygen atoms in total. The molecule has 0 aromatic carbocycles. The van der Waals surface area contributed by atoms with Crippen molar-refractivity contribution in [1.29, 1.82) is 0 Å². The van der Waals surface area contributed by atoms with E-state index in [1.165, 1.54) is 103 Å². The molecule has 0 fully saturated rings. The summed E-state index contributed by atoms with van der Waals surface area (Å²) in [4.78, 5) is 0. The van der Waals surface area contributed by atoms with Crippen molar-refractivity contribution in [2.45, 2.75) is 150 Å². The van der Waals surface area contributed by atoms with Gasteiger partial charge in [-0.3, -0.25) is 5.32 Å². The molecule has 0 amide bonds. The maximum absolute atomic E-state index is 9.88. The monoisotopic (exact) mass is 427 g/mol. The Balaban J connectivity index is 3.47. The summed E-state index contributed by atoms with van der Waals surface area (Å²) >= 11 is 0. The molecule has 0 saturated carbocycles. The highest BCUT2D eigenvalue weighted by Crippen LogP contribution is 2.15. The zero-order chi connectivity index (χ0) is 22.5.